The fourth-order valence-corrected chi connectivity index (χ4v) is 4.72. The number of rotatable bonds is 4. The Morgan fingerprint density at radius 2 is 2.41 bits per heavy atom. The molecule has 1 heterocycles. The summed E-state index contributed by atoms with van der Waals surface area (Å²) in [5, 5.41) is 5.94. The lowest BCUT2D eigenvalue weighted by atomic mass is 10.1. The van der Waals surface area contributed by atoms with E-state index < -0.39 is 22.7 Å². The van der Waals surface area contributed by atoms with Crippen molar-refractivity contribution in [1.82, 2.24) is 14.5 Å². The van der Waals surface area contributed by atoms with E-state index in [4.69, 9.17) is 5.53 Å². The van der Waals surface area contributed by atoms with Crippen molar-refractivity contribution in [3.8, 4) is 0 Å². The lowest BCUT2D eigenvalue weighted by Gasteiger charge is -2.50. The number of hydrogen-bond donors (Lipinski definition) is 3. The third kappa shape index (κ3) is 2.94. The molecule has 3 atom stereocenters. The molecule has 0 saturated heterocycles. The molecule has 0 aliphatic carbocycles. The van der Waals surface area contributed by atoms with Crippen LogP contribution in [-0.4, -0.2) is 39.0 Å². The molecular weight excluding hydrogens is 374 g/mol. The minimum atomic E-state index is -3.45. The van der Waals surface area contributed by atoms with Crippen molar-refractivity contribution in [1.29, 1.82) is 5.53 Å². The second-order valence-corrected chi connectivity index (χ2v) is 7.62. The van der Waals surface area contributed by atoms with Crippen LogP contribution in [0.25, 0.3) is 0 Å². The van der Waals surface area contributed by atoms with Gasteiger partial charge in [0.15, 0.2) is 0 Å². The van der Waals surface area contributed by atoms with Crippen LogP contribution in [-0.2, 0) is 4.79 Å². The molecule has 0 spiro atoms. The van der Waals surface area contributed by atoms with Crippen molar-refractivity contribution < 1.29 is 13.9 Å². The van der Waals surface area contributed by atoms with Gasteiger partial charge in [0.1, 0.15) is 10.6 Å². The highest BCUT2D eigenvalue weighted by molar-refractivity contribution is 9.10. The molecule has 8 nitrogen and oxygen atoms in total. The first-order valence-electron chi connectivity index (χ1n) is 6.44. The minimum absolute atomic E-state index is 0.106. The van der Waals surface area contributed by atoms with Gasteiger partial charge in [-0.1, -0.05) is 15.9 Å². The molecule has 0 radical (unpaired) electrons. The fraction of sp³-hybridized carbons (Fsp3) is 0.417. The van der Waals surface area contributed by atoms with Crippen LogP contribution < -0.4 is 10.2 Å². The zero-order valence-corrected chi connectivity index (χ0v) is 14.4. The van der Waals surface area contributed by atoms with Crippen molar-refractivity contribution >= 4 is 32.6 Å². The second-order valence-electron chi connectivity index (χ2n) is 4.80. The molecule has 1 aliphatic heterocycles. The Bertz CT molecular complexity index is 650. The van der Waals surface area contributed by atoms with Crippen molar-refractivity contribution in [2.45, 2.75) is 23.9 Å². The Morgan fingerprint density at radius 3 is 3.00 bits per heavy atom. The van der Waals surface area contributed by atoms with Crippen LogP contribution in [0, 0.1) is 5.53 Å². The summed E-state index contributed by atoms with van der Waals surface area (Å²) in [6.07, 6.45) is 0. The molecule has 120 valence electrons. The number of likely N-dealkylation sites (N-methyl/N-ethyl adjacent to an activating group) is 1. The number of hydrogen-bond acceptors (Lipinski definition) is 6. The van der Waals surface area contributed by atoms with Crippen LogP contribution in [0.1, 0.15) is 18.5 Å². The maximum absolute atomic E-state index is 12.7. The predicted octanol–water partition coefficient (Wildman–Crippen LogP) is 2.17. The van der Waals surface area contributed by atoms with Crippen molar-refractivity contribution in [2.24, 2.45) is 5.11 Å². The van der Waals surface area contributed by atoms with Crippen LogP contribution in [0.15, 0.2) is 32.7 Å². The highest BCUT2D eigenvalue weighted by atomic mass is 79.9. The summed E-state index contributed by atoms with van der Waals surface area (Å²) >= 11 is 3.34. The first-order chi connectivity index (χ1) is 10.3. The fourth-order valence-electron chi connectivity index (χ4n) is 2.42. The summed E-state index contributed by atoms with van der Waals surface area (Å²) in [5.74, 6) is -0.462. The van der Waals surface area contributed by atoms with E-state index in [1.54, 1.807) is 25.1 Å². The van der Waals surface area contributed by atoms with E-state index in [2.05, 4.69) is 31.3 Å². The van der Waals surface area contributed by atoms with Crippen molar-refractivity contribution in [3.05, 3.63) is 28.2 Å². The first kappa shape index (κ1) is 17.1. The molecule has 3 N–H and O–H groups in total. The maximum Gasteiger partial charge on any atom is 0.253 e. The van der Waals surface area contributed by atoms with Gasteiger partial charge in [0.25, 0.3) is 5.91 Å². The maximum atomic E-state index is 12.7. The van der Waals surface area contributed by atoms with Crippen LogP contribution >= 0.6 is 26.7 Å². The van der Waals surface area contributed by atoms with Crippen molar-refractivity contribution in [2.75, 3.05) is 13.6 Å². The third-order valence-corrected chi connectivity index (χ3v) is 6.10. The van der Waals surface area contributed by atoms with Gasteiger partial charge in [0, 0.05) is 16.4 Å². The SMILES string of the molecule is CNC(=O)C(CN1C(C)c2cc(Br)ccc2S1([O-])O)N=[N+]=N. The van der Waals surface area contributed by atoms with E-state index in [1.807, 2.05) is 0 Å². The Hall–Kier alpha value is -1.29. The largest absolute Gasteiger partial charge is 0.750 e. The Labute approximate surface area is 137 Å². The zero-order chi connectivity index (χ0) is 16.5. The molecule has 1 aromatic rings. The molecule has 2 rings (SSSR count). The molecule has 0 saturated carbocycles. The Balaban J connectivity index is 2.36. The molecule has 22 heavy (non-hydrogen) atoms. The van der Waals surface area contributed by atoms with Gasteiger partial charge in [0.05, 0.1) is 12.6 Å². The van der Waals surface area contributed by atoms with E-state index in [1.165, 1.54) is 11.4 Å². The average Bonchev–Trinajstić information content (AvgIpc) is 2.66. The van der Waals surface area contributed by atoms with Gasteiger partial charge < -0.3 is 14.4 Å². The summed E-state index contributed by atoms with van der Waals surface area (Å²) in [4.78, 5) is 15.0. The minimum Gasteiger partial charge on any atom is -0.750 e. The van der Waals surface area contributed by atoms with Gasteiger partial charge in [-0.3, -0.25) is 15.6 Å². The van der Waals surface area contributed by atoms with Gasteiger partial charge in [-0.15, -0.1) is 0 Å². The number of amides is 1. The Kier molecular flexibility index (Phi) is 5.00. The average molecular weight is 390 g/mol. The molecule has 0 aromatic heterocycles. The van der Waals surface area contributed by atoms with Crippen LogP contribution in [0.3, 0.4) is 0 Å². The van der Waals surface area contributed by atoms with Gasteiger partial charge in [-0.2, -0.15) is 0 Å². The lowest BCUT2D eigenvalue weighted by molar-refractivity contribution is -0.122. The number of carbonyl (C=O) groups excluding carboxylic acids is 1. The highest BCUT2D eigenvalue weighted by Gasteiger charge is 2.39. The van der Waals surface area contributed by atoms with Crippen LogP contribution in [0.2, 0.25) is 0 Å². The summed E-state index contributed by atoms with van der Waals surface area (Å²) in [5.41, 5.74) is 7.52. The summed E-state index contributed by atoms with van der Waals surface area (Å²) in [7, 11) is -2.01. The van der Waals surface area contributed by atoms with E-state index in [0.29, 0.717) is 4.90 Å². The molecule has 3 unspecified atom stereocenters. The number of fused-ring (bicyclic) bond motifs is 1. The monoisotopic (exact) mass is 389 g/mol. The van der Waals surface area contributed by atoms with E-state index in [0.717, 1.165) is 10.0 Å². The first-order valence-corrected chi connectivity index (χ1v) is 8.70. The smallest absolute Gasteiger partial charge is 0.253 e. The Morgan fingerprint density at radius 1 is 1.73 bits per heavy atom. The standard InChI is InChI=1S/C12H16BrN5O3S/c1-7-9-5-8(13)3-4-11(9)22(20,21)18(7)6-10(16-17-14)12(19)15-2/h3-5,7,10,14H,6H2,1-2H3,(H2-,15,19,20,21). The molecule has 0 fully saturated rings. The quantitative estimate of drug-likeness (QED) is 0.538. The number of nitrogens with zero attached hydrogens (tertiary/aromatic N) is 3. The van der Waals surface area contributed by atoms with Crippen molar-refractivity contribution in [3.63, 3.8) is 0 Å². The normalized spacial score (nSPS) is 28.1. The molecule has 1 aliphatic rings. The highest BCUT2D eigenvalue weighted by Crippen LogP contribution is 2.63. The molecular formula is C12H16BrN5O3S. The number of nitrogens with one attached hydrogen (secondary N) is 2. The second kappa shape index (κ2) is 6.45. The summed E-state index contributed by atoms with van der Waals surface area (Å²) in [6, 6.07) is 3.70. The van der Waals surface area contributed by atoms with Gasteiger partial charge in [-0.05, 0) is 30.7 Å². The molecule has 1 amide bonds. The number of benzene rings is 1. The topological polar surface area (TPSA) is 126 Å². The lowest BCUT2D eigenvalue weighted by Crippen LogP contribution is -2.40. The molecule has 1 aromatic carbocycles. The number of halogens is 1. The third-order valence-electron chi connectivity index (χ3n) is 3.56. The molecule has 10 heteroatoms. The van der Waals surface area contributed by atoms with E-state index >= 15 is 0 Å². The predicted molar refractivity (Wildman–Crippen MR) is 83.7 cm³/mol. The molecule has 0 bridgehead atoms. The number of carbonyl (C=O) groups is 1. The van der Waals surface area contributed by atoms with Crippen LogP contribution in [0.4, 0.5) is 0 Å². The zero-order valence-electron chi connectivity index (χ0n) is 12.0. The van der Waals surface area contributed by atoms with E-state index in [9.17, 15) is 13.9 Å². The summed E-state index contributed by atoms with van der Waals surface area (Å²) in [6.45, 7) is 1.68. The summed E-state index contributed by atoms with van der Waals surface area (Å²) < 4.78 is 25.3. The van der Waals surface area contributed by atoms with Gasteiger partial charge >= 0.3 is 0 Å². The van der Waals surface area contributed by atoms with E-state index in [-0.39, 0.29) is 12.6 Å². The van der Waals surface area contributed by atoms with Gasteiger partial charge in [0.2, 0.25) is 11.0 Å². The van der Waals surface area contributed by atoms with Crippen LogP contribution in [0.5, 0.6) is 0 Å². The van der Waals surface area contributed by atoms with Gasteiger partial charge in [-0.25, -0.2) is 4.31 Å².